The SMILES string of the molecule is CC(=O)Oc1ccc(C=CC(=N)N)cc1.CS(=O)(=O)O. The minimum Gasteiger partial charge on any atom is -0.427 e. The van der Waals surface area contributed by atoms with Gasteiger partial charge in [0.25, 0.3) is 10.1 Å². The van der Waals surface area contributed by atoms with Crippen molar-refractivity contribution in [2.75, 3.05) is 6.26 Å². The number of esters is 1. The standard InChI is InChI=1S/C11H12N2O2.CH4O3S/c1-8(14)15-10-5-2-9(3-6-10)4-7-11(12)13;1-5(2,3)4/h2-7H,1H3,(H3,12,13);1H3,(H,2,3,4). The first-order valence-electron chi connectivity index (χ1n) is 5.31. The molecular weight excluding hydrogens is 284 g/mol. The maximum atomic E-state index is 10.6. The minimum atomic E-state index is -3.67. The summed E-state index contributed by atoms with van der Waals surface area (Å²) < 4.78 is 30.7. The Morgan fingerprint density at radius 3 is 2.15 bits per heavy atom. The summed E-state index contributed by atoms with van der Waals surface area (Å²) in [5.74, 6) is 0.156. The first-order valence-corrected chi connectivity index (χ1v) is 7.16. The van der Waals surface area contributed by atoms with Crippen molar-refractivity contribution in [3.63, 3.8) is 0 Å². The van der Waals surface area contributed by atoms with Gasteiger partial charge < -0.3 is 10.5 Å². The number of nitrogens with one attached hydrogen (secondary N) is 1. The zero-order chi connectivity index (χ0) is 15.8. The summed E-state index contributed by atoms with van der Waals surface area (Å²) in [7, 11) is -3.67. The molecule has 0 amide bonds. The maximum Gasteiger partial charge on any atom is 0.308 e. The Morgan fingerprint density at radius 1 is 1.35 bits per heavy atom. The molecule has 0 spiro atoms. The summed E-state index contributed by atoms with van der Waals surface area (Å²) >= 11 is 0. The molecule has 4 N–H and O–H groups in total. The average Bonchev–Trinajstić information content (AvgIpc) is 2.25. The van der Waals surface area contributed by atoms with Crippen LogP contribution in [0.3, 0.4) is 0 Å². The molecular formula is C12H16N2O5S. The smallest absolute Gasteiger partial charge is 0.308 e. The molecule has 0 fully saturated rings. The summed E-state index contributed by atoms with van der Waals surface area (Å²) in [6, 6.07) is 6.91. The van der Waals surface area contributed by atoms with Gasteiger partial charge in [0.2, 0.25) is 0 Å². The molecule has 0 heterocycles. The Kier molecular flexibility index (Phi) is 7.19. The Morgan fingerprint density at radius 2 is 1.80 bits per heavy atom. The molecule has 110 valence electrons. The van der Waals surface area contributed by atoms with Gasteiger partial charge in [-0.1, -0.05) is 18.2 Å². The van der Waals surface area contributed by atoms with Gasteiger partial charge in [0, 0.05) is 6.92 Å². The molecule has 0 aromatic heterocycles. The lowest BCUT2D eigenvalue weighted by molar-refractivity contribution is -0.131. The van der Waals surface area contributed by atoms with E-state index < -0.39 is 10.1 Å². The molecule has 20 heavy (non-hydrogen) atoms. The van der Waals surface area contributed by atoms with Gasteiger partial charge in [-0.15, -0.1) is 0 Å². The molecule has 0 aliphatic rings. The van der Waals surface area contributed by atoms with E-state index in [0.717, 1.165) is 5.56 Å². The normalized spacial score (nSPS) is 10.6. The van der Waals surface area contributed by atoms with Gasteiger partial charge in [-0.3, -0.25) is 14.8 Å². The number of carbonyl (C=O) groups is 1. The van der Waals surface area contributed by atoms with Gasteiger partial charge in [0.05, 0.1) is 6.26 Å². The van der Waals surface area contributed by atoms with Crippen molar-refractivity contribution in [2.45, 2.75) is 6.92 Å². The van der Waals surface area contributed by atoms with Crippen LogP contribution in [0.4, 0.5) is 0 Å². The molecule has 0 aliphatic carbocycles. The second-order valence-electron chi connectivity index (χ2n) is 3.68. The van der Waals surface area contributed by atoms with E-state index in [2.05, 4.69) is 0 Å². The third-order valence-corrected chi connectivity index (χ3v) is 1.60. The molecule has 0 unspecified atom stereocenters. The summed E-state index contributed by atoms with van der Waals surface area (Å²) in [6.45, 7) is 1.35. The first kappa shape index (κ1) is 17.8. The Hall–Kier alpha value is -2.19. The van der Waals surface area contributed by atoms with Crippen molar-refractivity contribution >= 4 is 28.0 Å². The Balaban J connectivity index is 0.000000621. The number of rotatable bonds is 3. The van der Waals surface area contributed by atoms with E-state index in [1.807, 2.05) is 0 Å². The van der Waals surface area contributed by atoms with Gasteiger partial charge in [0.1, 0.15) is 11.6 Å². The first-order chi connectivity index (χ1) is 9.08. The van der Waals surface area contributed by atoms with Gasteiger partial charge in [0.15, 0.2) is 0 Å². The fraction of sp³-hybridized carbons (Fsp3) is 0.167. The summed E-state index contributed by atoms with van der Waals surface area (Å²) in [5, 5.41) is 7.00. The predicted molar refractivity (Wildman–Crippen MR) is 76.2 cm³/mol. The van der Waals surface area contributed by atoms with Crippen molar-refractivity contribution in [1.29, 1.82) is 5.41 Å². The minimum absolute atomic E-state index is 0.000868. The van der Waals surface area contributed by atoms with Crippen LogP contribution in [0.15, 0.2) is 30.3 Å². The Labute approximate surface area is 117 Å². The average molecular weight is 300 g/mol. The van der Waals surface area contributed by atoms with E-state index in [1.54, 1.807) is 30.3 Å². The lowest BCUT2D eigenvalue weighted by Crippen LogP contribution is -2.03. The van der Waals surface area contributed by atoms with Crippen molar-refractivity contribution < 1.29 is 22.5 Å². The molecule has 0 atom stereocenters. The molecule has 0 radical (unpaired) electrons. The molecule has 1 aromatic rings. The molecule has 1 aromatic carbocycles. The van der Waals surface area contributed by atoms with Crippen LogP contribution >= 0.6 is 0 Å². The maximum absolute atomic E-state index is 10.6. The van der Waals surface area contributed by atoms with Gasteiger partial charge in [-0.2, -0.15) is 8.42 Å². The number of benzene rings is 1. The topological polar surface area (TPSA) is 131 Å². The van der Waals surface area contributed by atoms with Crippen LogP contribution in [-0.4, -0.2) is 31.0 Å². The van der Waals surface area contributed by atoms with Crippen LogP contribution in [0.25, 0.3) is 6.08 Å². The highest BCUT2D eigenvalue weighted by molar-refractivity contribution is 7.85. The highest BCUT2D eigenvalue weighted by atomic mass is 32.2. The van der Waals surface area contributed by atoms with E-state index >= 15 is 0 Å². The monoisotopic (exact) mass is 300 g/mol. The van der Waals surface area contributed by atoms with Gasteiger partial charge in [-0.05, 0) is 23.8 Å². The van der Waals surface area contributed by atoms with E-state index in [4.69, 9.17) is 20.4 Å². The van der Waals surface area contributed by atoms with Crippen molar-refractivity contribution in [2.24, 2.45) is 5.73 Å². The fourth-order valence-electron chi connectivity index (χ4n) is 0.999. The highest BCUT2D eigenvalue weighted by Gasteiger charge is 1.96. The van der Waals surface area contributed by atoms with Crippen LogP contribution in [0, 0.1) is 5.41 Å². The highest BCUT2D eigenvalue weighted by Crippen LogP contribution is 2.13. The largest absolute Gasteiger partial charge is 0.427 e. The number of carbonyl (C=O) groups excluding carboxylic acids is 1. The van der Waals surface area contributed by atoms with Crippen LogP contribution < -0.4 is 10.5 Å². The third-order valence-electron chi connectivity index (χ3n) is 1.60. The van der Waals surface area contributed by atoms with Crippen molar-refractivity contribution in [1.82, 2.24) is 0 Å². The van der Waals surface area contributed by atoms with Crippen LogP contribution in [0.2, 0.25) is 0 Å². The molecule has 7 nitrogen and oxygen atoms in total. The number of hydrogen-bond acceptors (Lipinski definition) is 5. The van der Waals surface area contributed by atoms with Crippen LogP contribution in [0.1, 0.15) is 12.5 Å². The molecule has 0 saturated heterocycles. The summed E-state index contributed by atoms with van der Waals surface area (Å²) in [4.78, 5) is 10.6. The molecule has 0 saturated carbocycles. The lowest BCUT2D eigenvalue weighted by Gasteiger charge is -2.00. The quantitative estimate of drug-likeness (QED) is 0.251. The third kappa shape index (κ3) is 12.3. The molecule has 0 bridgehead atoms. The fourth-order valence-corrected chi connectivity index (χ4v) is 0.999. The van der Waals surface area contributed by atoms with Crippen LogP contribution in [-0.2, 0) is 14.9 Å². The van der Waals surface area contributed by atoms with E-state index in [-0.39, 0.29) is 11.8 Å². The predicted octanol–water partition coefficient (Wildman–Crippen LogP) is 1.07. The summed E-state index contributed by atoms with van der Waals surface area (Å²) in [6.07, 6.45) is 3.91. The van der Waals surface area contributed by atoms with Crippen molar-refractivity contribution in [3.05, 3.63) is 35.9 Å². The van der Waals surface area contributed by atoms with Crippen molar-refractivity contribution in [3.8, 4) is 5.75 Å². The zero-order valence-corrected chi connectivity index (χ0v) is 11.8. The van der Waals surface area contributed by atoms with E-state index in [1.165, 1.54) is 13.0 Å². The van der Waals surface area contributed by atoms with E-state index in [9.17, 15) is 13.2 Å². The van der Waals surface area contributed by atoms with E-state index in [0.29, 0.717) is 12.0 Å². The molecule has 0 aliphatic heterocycles. The number of nitrogens with two attached hydrogens (primary N) is 1. The second-order valence-corrected chi connectivity index (χ2v) is 5.15. The number of amidine groups is 1. The van der Waals surface area contributed by atoms with Crippen LogP contribution in [0.5, 0.6) is 5.75 Å². The van der Waals surface area contributed by atoms with Gasteiger partial charge in [-0.25, -0.2) is 0 Å². The zero-order valence-electron chi connectivity index (χ0n) is 11.0. The second kappa shape index (κ2) is 8.08. The van der Waals surface area contributed by atoms with Gasteiger partial charge >= 0.3 is 5.97 Å². The summed E-state index contributed by atoms with van der Waals surface area (Å²) in [5.41, 5.74) is 6.05. The number of hydrogen-bond donors (Lipinski definition) is 3. The molecule has 1 rings (SSSR count). The lowest BCUT2D eigenvalue weighted by atomic mass is 10.2. The molecule has 8 heteroatoms. The Bertz CT molecular complexity index is 583. The number of ether oxygens (including phenoxy) is 1.